The second-order valence-electron chi connectivity index (χ2n) is 28.6. The summed E-state index contributed by atoms with van der Waals surface area (Å²) in [6, 6.07) is 0. The molecule has 13 aliphatic rings. The van der Waals surface area contributed by atoms with Crippen molar-refractivity contribution in [3.05, 3.63) is 0 Å². The second-order valence-corrected chi connectivity index (χ2v) is 28.6. The Bertz CT molecular complexity index is 1500. The summed E-state index contributed by atoms with van der Waals surface area (Å²) < 4.78 is 0. The second kappa shape index (κ2) is 19.3. The van der Waals surface area contributed by atoms with Gasteiger partial charge < -0.3 is 0 Å². The third kappa shape index (κ3) is 7.80. The van der Waals surface area contributed by atoms with Crippen LogP contribution in [0.15, 0.2) is 0 Å². The van der Waals surface area contributed by atoms with Gasteiger partial charge in [0, 0.05) is 0 Å². The SMILES string of the molecule is C1CCC(C2C(C3CCCCC3)C(C3CCCCC3)C(C3CC4CCCCC4C4CCCCC43)C(C3CC4CCCC5C6CCCC7CCCC(C(C3)C45)C76)C2C2CCCCC2)CC1. The molecule has 13 rings (SSSR count). The van der Waals surface area contributed by atoms with Crippen LogP contribution in [-0.4, -0.2) is 0 Å². The minimum absolute atomic E-state index is 1.09. The van der Waals surface area contributed by atoms with Crippen LogP contribution in [0.2, 0.25) is 0 Å². The van der Waals surface area contributed by atoms with Gasteiger partial charge in [-0.15, -0.1) is 0 Å². The first-order valence-electron chi connectivity index (χ1n) is 31.8. The molecule has 0 radical (unpaired) electrons. The Morgan fingerprint density at radius 3 is 0.922 bits per heavy atom. The van der Waals surface area contributed by atoms with Gasteiger partial charge in [-0.1, -0.05) is 199 Å². The molecular formula is C64H104. The highest BCUT2D eigenvalue weighted by Crippen LogP contribution is 2.72. The Morgan fingerprint density at radius 1 is 0.125 bits per heavy atom. The zero-order valence-electron chi connectivity index (χ0n) is 42.1. The Kier molecular flexibility index (Phi) is 13.3. The van der Waals surface area contributed by atoms with E-state index in [9.17, 15) is 0 Å². The topological polar surface area (TPSA) is 0 Å². The van der Waals surface area contributed by atoms with E-state index in [1.165, 1.54) is 0 Å². The third-order valence-corrected chi connectivity index (χ3v) is 26.7. The molecule has 13 fully saturated rings. The first-order chi connectivity index (χ1) is 31.8. The van der Waals surface area contributed by atoms with Crippen LogP contribution in [0.4, 0.5) is 0 Å². The Balaban J connectivity index is 0.994. The molecule has 13 aliphatic carbocycles. The minimum atomic E-state index is 1.09. The summed E-state index contributed by atoms with van der Waals surface area (Å²) >= 11 is 0. The molecule has 0 heterocycles. The summed E-state index contributed by atoms with van der Waals surface area (Å²) in [5.74, 6) is 26.8. The van der Waals surface area contributed by atoms with Crippen LogP contribution >= 0.6 is 0 Å². The highest BCUT2D eigenvalue weighted by atomic mass is 14.7. The van der Waals surface area contributed by atoms with Gasteiger partial charge in [0.2, 0.25) is 0 Å². The average Bonchev–Trinajstić information content (AvgIpc) is 3.37. The maximum atomic E-state index is 1.76. The summed E-state index contributed by atoms with van der Waals surface area (Å²) in [5.41, 5.74) is 0. The molecule has 0 heteroatoms. The van der Waals surface area contributed by atoms with Gasteiger partial charge in [0.15, 0.2) is 0 Å². The smallest absolute Gasteiger partial charge is 0.0315 e. The molecule has 0 amide bonds. The van der Waals surface area contributed by atoms with Crippen LogP contribution in [-0.2, 0) is 0 Å². The molecule has 0 aromatic heterocycles. The largest absolute Gasteiger partial charge is 0.0533 e. The fourth-order valence-corrected chi connectivity index (χ4v) is 25.4. The Hall–Kier alpha value is 0. The zero-order chi connectivity index (χ0) is 42.1. The van der Waals surface area contributed by atoms with Gasteiger partial charge >= 0.3 is 0 Å². The van der Waals surface area contributed by atoms with E-state index in [4.69, 9.17) is 0 Å². The van der Waals surface area contributed by atoms with Gasteiger partial charge in [0.05, 0.1) is 0 Å². The minimum Gasteiger partial charge on any atom is -0.0533 e. The lowest BCUT2D eigenvalue weighted by molar-refractivity contribution is -0.202. The molecule has 0 aromatic rings. The zero-order valence-corrected chi connectivity index (χ0v) is 42.1. The van der Waals surface area contributed by atoms with Crippen molar-refractivity contribution in [3.8, 4) is 0 Å². The predicted octanol–water partition coefficient (Wildman–Crippen LogP) is 18.6. The van der Waals surface area contributed by atoms with E-state index in [1.807, 2.05) is 0 Å². The van der Waals surface area contributed by atoms with Crippen LogP contribution in [0.25, 0.3) is 0 Å². The Morgan fingerprint density at radius 2 is 0.406 bits per heavy atom. The van der Waals surface area contributed by atoms with Crippen molar-refractivity contribution in [2.24, 2.45) is 142 Å². The van der Waals surface area contributed by atoms with Crippen LogP contribution in [0.1, 0.15) is 257 Å². The van der Waals surface area contributed by atoms with Crippen molar-refractivity contribution in [1.82, 2.24) is 0 Å². The van der Waals surface area contributed by atoms with E-state index in [1.54, 1.807) is 257 Å². The van der Waals surface area contributed by atoms with Crippen molar-refractivity contribution in [2.45, 2.75) is 257 Å². The molecule has 0 N–H and O–H groups in total. The van der Waals surface area contributed by atoms with Gasteiger partial charge in [-0.2, -0.15) is 0 Å². The number of rotatable bonds is 6. The lowest BCUT2D eigenvalue weighted by Crippen LogP contribution is -2.62. The van der Waals surface area contributed by atoms with Gasteiger partial charge in [0.25, 0.3) is 0 Å². The molecule has 64 heavy (non-hydrogen) atoms. The quantitative estimate of drug-likeness (QED) is 0.249. The molecule has 0 nitrogen and oxygen atoms in total. The Labute approximate surface area is 397 Å². The maximum Gasteiger partial charge on any atom is -0.0315 e. The van der Waals surface area contributed by atoms with Crippen molar-refractivity contribution in [3.63, 3.8) is 0 Å². The van der Waals surface area contributed by atoms with Crippen LogP contribution in [0, 0.1) is 142 Å². The van der Waals surface area contributed by atoms with E-state index in [0.29, 0.717) is 0 Å². The predicted molar refractivity (Wildman–Crippen MR) is 268 cm³/mol. The fraction of sp³-hybridized carbons (Fsp3) is 1.00. The fourth-order valence-electron chi connectivity index (χ4n) is 25.4. The molecule has 0 aromatic carbocycles. The molecule has 0 spiro atoms. The van der Waals surface area contributed by atoms with E-state index >= 15 is 0 Å². The first-order valence-corrected chi connectivity index (χ1v) is 31.8. The van der Waals surface area contributed by atoms with Gasteiger partial charge in [-0.05, 0) is 200 Å². The lowest BCUT2D eigenvalue weighted by atomic mass is 9.36. The number of fused-ring (bicyclic) bond motifs is 5. The summed E-state index contributed by atoms with van der Waals surface area (Å²) in [6.07, 6.45) is 65.2. The normalized spacial score (nSPS) is 52.1. The van der Waals surface area contributed by atoms with Gasteiger partial charge in [0.1, 0.15) is 0 Å². The maximum absolute atomic E-state index is 1.76. The van der Waals surface area contributed by atoms with E-state index in [-0.39, 0.29) is 0 Å². The van der Waals surface area contributed by atoms with Crippen molar-refractivity contribution < 1.29 is 0 Å². The van der Waals surface area contributed by atoms with Gasteiger partial charge in [-0.25, -0.2) is 0 Å². The van der Waals surface area contributed by atoms with Crippen LogP contribution in [0.3, 0.4) is 0 Å². The van der Waals surface area contributed by atoms with E-state index in [2.05, 4.69) is 0 Å². The summed E-state index contributed by atoms with van der Waals surface area (Å²) in [5, 5.41) is 0. The van der Waals surface area contributed by atoms with Gasteiger partial charge in [-0.3, -0.25) is 0 Å². The number of hydrogen-bond donors (Lipinski definition) is 0. The monoisotopic (exact) mass is 873 g/mol. The number of hydrogen-bond acceptors (Lipinski definition) is 0. The van der Waals surface area contributed by atoms with E-state index < -0.39 is 0 Å². The summed E-state index contributed by atoms with van der Waals surface area (Å²) in [4.78, 5) is 0. The molecule has 0 saturated heterocycles. The molecule has 20 atom stereocenters. The standard InChI is InChI=1S/C64H104/c1-5-20-42(21-6-1)59-60(43-22-7-2-8-23-43)62(45-26-11-4-12-27-45)64(55-39-46-28-13-14-32-49(46)50-33-15-16-34-51(50)55)63(61(59)44-24-9-3-10-25-44)48-38-47-31-19-36-53-52-35-17-29-41-30-18-37-54(57(41)52)56(40-48)58(47)53/h41-64H,1-40H2. The molecule has 13 saturated carbocycles. The first kappa shape index (κ1) is 44.0. The van der Waals surface area contributed by atoms with Crippen molar-refractivity contribution in [1.29, 1.82) is 0 Å². The molecule has 0 aliphatic heterocycles. The summed E-state index contributed by atoms with van der Waals surface area (Å²) in [7, 11) is 0. The molecule has 20 unspecified atom stereocenters. The highest BCUT2D eigenvalue weighted by Gasteiger charge is 2.65. The highest BCUT2D eigenvalue weighted by molar-refractivity contribution is 5.14. The van der Waals surface area contributed by atoms with E-state index in [0.717, 1.165) is 142 Å². The third-order valence-electron chi connectivity index (χ3n) is 26.7. The van der Waals surface area contributed by atoms with Crippen LogP contribution in [0.5, 0.6) is 0 Å². The van der Waals surface area contributed by atoms with Crippen molar-refractivity contribution >= 4 is 0 Å². The molecular weight excluding hydrogens is 769 g/mol. The summed E-state index contributed by atoms with van der Waals surface area (Å²) in [6.45, 7) is 0. The van der Waals surface area contributed by atoms with Crippen molar-refractivity contribution in [2.75, 3.05) is 0 Å². The molecule has 0 bridgehead atoms. The lowest BCUT2D eigenvalue weighted by Gasteiger charge is -2.68. The van der Waals surface area contributed by atoms with Crippen LogP contribution < -0.4 is 0 Å². The average molecular weight is 874 g/mol. The molecule has 360 valence electrons.